The number of rotatable bonds is 4. The molecule has 0 spiro atoms. The Balaban J connectivity index is 2.33. The Labute approximate surface area is 161 Å². The van der Waals surface area contributed by atoms with Gasteiger partial charge in [-0.2, -0.15) is 0 Å². The van der Waals surface area contributed by atoms with Crippen LogP contribution in [0.3, 0.4) is 0 Å². The van der Waals surface area contributed by atoms with Crippen LogP contribution in [0, 0.1) is 6.92 Å². The van der Waals surface area contributed by atoms with Crippen molar-refractivity contribution in [3.05, 3.63) is 52.0 Å². The van der Waals surface area contributed by atoms with Gasteiger partial charge in [-0.3, -0.25) is 0 Å². The molecule has 3 rings (SSSR count). The van der Waals surface area contributed by atoms with Gasteiger partial charge in [0.05, 0.1) is 21.3 Å². The molecule has 0 unspecified atom stereocenters. The van der Waals surface area contributed by atoms with E-state index in [2.05, 4.69) is 4.98 Å². The first-order chi connectivity index (χ1) is 12.2. The lowest BCUT2D eigenvalue weighted by molar-refractivity contribution is -0.160. The first kappa shape index (κ1) is 18.8. The van der Waals surface area contributed by atoms with Gasteiger partial charge in [0.25, 0.3) is 0 Å². The molecule has 0 fully saturated rings. The zero-order valence-corrected chi connectivity index (χ0v) is 16.6. The number of ether oxygens (including phenoxy) is 1. The van der Waals surface area contributed by atoms with E-state index in [1.807, 2.05) is 45.9 Å². The van der Waals surface area contributed by atoms with Crippen LogP contribution in [0.25, 0.3) is 21.3 Å². The molecule has 1 aromatic heterocycles. The highest BCUT2D eigenvalue weighted by Gasteiger charge is 2.31. The summed E-state index contributed by atoms with van der Waals surface area (Å²) in [6.07, 6.45) is -1.08. The summed E-state index contributed by atoms with van der Waals surface area (Å²) in [5.41, 5.74) is 5.25. The van der Waals surface area contributed by atoms with Gasteiger partial charge in [0.15, 0.2) is 6.10 Å². The molecule has 0 aliphatic heterocycles. The fraction of sp³-hybridized carbons (Fsp3) is 0.300. The fourth-order valence-electron chi connectivity index (χ4n) is 2.97. The van der Waals surface area contributed by atoms with Gasteiger partial charge >= 0.3 is 5.97 Å². The zero-order valence-electron chi connectivity index (χ0n) is 15.0. The summed E-state index contributed by atoms with van der Waals surface area (Å²) in [7, 11) is 0. The number of aromatic nitrogens is 1. The van der Waals surface area contributed by atoms with Crippen LogP contribution in [0.4, 0.5) is 0 Å². The Morgan fingerprint density at radius 1 is 1.27 bits per heavy atom. The average molecular weight is 390 g/mol. The molecule has 0 aliphatic rings. The maximum Gasteiger partial charge on any atom is 0.337 e. The Morgan fingerprint density at radius 3 is 2.50 bits per heavy atom. The van der Waals surface area contributed by atoms with Crippen LogP contribution in [-0.4, -0.2) is 21.7 Å². The van der Waals surface area contributed by atoms with Crippen LogP contribution in [0.2, 0.25) is 5.02 Å². The third kappa shape index (κ3) is 3.75. The van der Waals surface area contributed by atoms with Gasteiger partial charge in [0, 0.05) is 16.1 Å². The third-order valence-electron chi connectivity index (χ3n) is 3.96. The number of thiazole rings is 1. The lowest BCUT2D eigenvalue weighted by atomic mass is 9.91. The Bertz CT molecular complexity index is 958. The molecular weight excluding hydrogens is 370 g/mol. The molecule has 0 saturated carbocycles. The van der Waals surface area contributed by atoms with E-state index in [1.165, 1.54) is 11.3 Å². The molecule has 6 heteroatoms. The minimum Gasteiger partial charge on any atom is -0.479 e. The van der Waals surface area contributed by atoms with Crippen molar-refractivity contribution >= 4 is 39.1 Å². The molecule has 4 nitrogen and oxygen atoms in total. The van der Waals surface area contributed by atoms with E-state index in [0.29, 0.717) is 10.6 Å². The van der Waals surface area contributed by atoms with Gasteiger partial charge in [-0.05, 0) is 57.0 Å². The van der Waals surface area contributed by atoms with E-state index in [9.17, 15) is 9.90 Å². The number of halogens is 1. The van der Waals surface area contributed by atoms with Crippen molar-refractivity contribution in [2.24, 2.45) is 0 Å². The lowest BCUT2D eigenvalue weighted by Crippen LogP contribution is -2.28. The first-order valence-corrected chi connectivity index (χ1v) is 9.46. The summed E-state index contributed by atoms with van der Waals surface area (Å²) < 4.78 is 6.88. The van der Waals surface area contributed by atoms with Crippen LogP contribution < -0.4 is 0 Å². The van der Waals surface area contributed by atoms with E-state index >= 15 is 0 Å². The Morgan fingerprint density at radius 2 is 1.92 bits per heavy atom. The summed E-state index contributed by atoms with van der Waals surface area (Å²) in [6.45, 7) is 7.46. The molecule has 0 saturated heterocycles. The van der Waals surface area contributed by atoms with E-state index < -0.39 is 17.7 Å². The number of hydrogen-bond donors (Lipinski definition) is 1. The number of carbonyl (C=O) groups is 1. The van der Waals surface area contributed by atoms with Gasteiger partial charge in [0.2, 0.25) is 0 Å². The van der Waals surface area contributed by atoms with Crippen LogP contribution >= 0.6 is 22.9 Å². The van der Waals surface area contributed by atoms with E-state index in [-0.39, 0.29) is 0 Å². The topological polar surface area (TPSA) is 59.4 Å². The van der Waals surface area contributed by atoms with Crippen LogP contribution in [0.15, 0.2) is 35.8 Å². The summed E-state index contributed by atoms with van der Waals surface area (Å²) in [6, 6.07) is 9.32. The predicted molar refractivity (Wildman–Crippen MR) is 106 cm³/mol. The maximum atomic E-state index is 12.1. The highest BCUT2D eigenvalue weighted by molar-refractivity contribution is 7.17. The van der Waals surface area contributed by atoms with Crippen molar-refractivity contribution in [1.29, 1.82) is 0 Å². The van der Waals surface area contributed by atoms with E-state index in [1.54, 1.807) is 17.6 Å². The predicted octanol–water partition coefficient (Wildman–Crippen LogP) is 5.87. The molecular formula is C20H20ClNO3S. The molecule has 0 aliphatic carbocycles. The van der Waals surface area contributed by atoms with Crippen molar-refractivity contribution in [1.82, 2.24) is 4.98 Å². The first-order valence-electron chi connectivity index (χ1n) is 8.20. The molecule has 1 N–H and O–H groups in total. The highest BCUT2D eigenvalue weighted by Crippen LogP contribution is 2.41. The van der Waals surface area contributed by atoms with Crippen LogP contribution in [-0.2, 0) is 9.53 Å². The van der Waals surface area contributed by atoms with Gasteiger partial charge in [-0.15, -0.1) is 11.3 Å². The maximum absolute atomic E-state index is 12.1. The zero-order chi connectivity index (χ0) is 19.1. The highest BCUT2D eigenvalue weighted by atomic mass is 35.5. The van der Waals surface area contributed by atoms with Gasteiger partial charge in [-0.1, -0.05) is 23.7 Å². The van der Waals surface area contributed by atoms with Crippen LogP contribution in [0.5, 0.6) is 0 Å². The summed E-state index contributed by atoms with van der Waals surface area (Å²) in [4.78, 5) is 16.5. The molecule has 3 aromatic rings. The summed E-state index contributed by atoms with van der Waals surface area (Å²) in [5, 5.41) is 10.5. The van der Waals surface area contributed by atoms with Crippen molar-refractivity contribution in [2.45, 2.75) is 39.4 Å². The molecule has 0 amide bonds. The summed E-state index contributed by atoms with van der Waals surface area (Å²) >= 11 is 7.53. The fourth-order valence-corrected chi connectivity index (χ4v) is 3.95. The second-order valence-electron chi connectivity index (χ2n) is 7.14. The van der Waals surface area contributed by atoms with E-state index in [4.69, 9.17) is 16.3 Å². The monoisotopic (exact) mass is 389 g/mol. The number of aryl methyl sites for hydroxylation is 1. The number of benzene rings is 2. The van der Waals surface area contributed by atoms with Crippen molar-refractivity contribution in [3.8, 4) is 11.1 Å². The molecule has 2 aromatic carbocycles. The number of fused-ring (bicyclic) bond motifs is 1. The quantitative estimate of drug-likeness (QED) is 0.606. The minimum atomic E-state index is -1.08. The second-order valence-corrected chi connectivity index (χ2v) is 8.43. The van der Waals surface area contributed by atoms with Crippen molar-refractivity contribution in [2.75, 3.05) is 0 Å². The largest absolute Gasteiger partial charge is 0.479 e. The standard InChI is InChI=1S/C20H20ClNO3S/c1-11-9-14-18(26-10-22-14)16(12-5-7-13(21)8-6-12)15(11)17(19(23)24)25-20(2,3)4/h5-10,17H,1-4H3,(H,23,24)/t17-/m0/s1. The normalized spacial score (nSPS) is 13.1. The molecule has 0 bridgehead atoms. The molecule has 136 valence electrons. The van der Waals surface area contributed by atoms with Crippen molar-refractivity contribution < 1.29 is 14.6 Å². The number of aliphatic carboxylic acids is 1. The number of hydrogen-bond acceptors (Lipinski definition) is 4. The van der Waals surface area contributed by atoms with Crippen LogP contribution in [0.1, 0.15) is 38.0 Å². The summed E-state index contributed by atoms with van der Waals surface area (Å²) in [5.74, 6) is -1.01. The van der Waals surface area contributed by atoms with Gasteiger partial charge < -0.3 is 9.84 Å². The lowest BCUT2D eigenvalue weighted by Gasteiger charge is -2.28. The molecule has 1 atom stereocenters. The Kier molecular flexibility index (Phi) is 5.06. The Hall–Kier alpha value is -1.95. The second kappa shape index (κ2) is 6.99. The third-order valence-corrected chi connectivity index (χ3v) is 5.07. The molecule has 1 heterocycles. The van der Waals surface area contributed by atoms with Gasteiger partial charge in [0.1, 0.15) is 0 Å². The molecule has 0 radical (unpaired) electrons. The van der Waals surface area contributed by atoms with E-state index in [0.717, 1.165) is 26.9 Å². The smallest absolute Gasteiger partial charge is 0.337 e. The SMILES string of the molecule is Cc1cc2ncsc2c(-c2ccc(Cl)cc2)c1[C@H](OC(C)(C)C)C(=O)O. The number of carboxylic acid groups (broad SMARTS) is 1. The van der Waals surface area contributed by atoms with Crippen molar-refractivity contribution in [3.63, 3.8) is 0 Å². The minimum absolute atomic E-state index is 0.602. The number of nitrogens with zero attached hydrogens (tertiary/aromatic N) is 1. The number of carboxylic acids is 1. The molecule has 26 heavy (non-hydrogen) atoms. The van der Waals surface area contributed by atoms with Gasteiger partial charge in [-0.25, -0.2) is 9.78 Å². The average Bonchev–Trinajstić information content (AvgIpc) is 2.99.